The predicted molar refractivity (Wildman–Crippen MR) is 120 cm³/mol. The van der Waals surface area contributed by atoms with Gasteiger partial charge >= 0.3 is 5.69 Å². The van der Waals surface area contributed by atoms with E-state index in [-0.39, 0.29) is 23.7 Å². The van der Waals surface area contributed by atoms with Gasteiger partial charge in [-0.25, -0.2) is 8.42 Å². The van der Waals surface area contributed by atoms with E-state index < -0.39 is 32.6 Å². The van der Waals surface area contributed by atoms with Crippen molar-refractivity contribution in [2.75, 3.05) is 25.5 Å². The number of hydrogen-bond donors (Lipinski definition) is 1. The average molecular weight is 486 g/mol. The lowest BCUT2D eigenvalue weighted by Gasteiger charge is -2.19. The highest BCUT2D eigenvalue weighted by molar-refractivity contribution is 7.89. The Morgan fingerprint density at radius 3 is 2.34 bits per heavy atom. The van der Waals surface area contributed by atoms with E-state index in [1.54, 1.807) is 26.0 Å². The molecule has 0 aromatic heterocycles. The van der Waals surface area contributed by atoms with Crippen molar-refractivity contribution in [1.29, 1.82) is 0 Å². The number of nitro benzene ring substituents is 1. The number of ether oxygens (including phenoxy) is 2. The van der Waals surface area contributed by atoms with Crippen LogP contribution in [0.1, 0.15) is 20.8 Å². The van der Waals surface area contributed by atoms with Crippen LogP contribution in [0.15, 0.2) is 41.3 Å². The summed E-state index contributed by atoms with van der Waals surface area (Å²) in [6.45, 7) is 5.19. The number of rotatable bonds is 10. The fourth-order valence-electron chi connectivity index (χ4n) is 2.84. The molecule has 10 nitrogen and oxygen atoms in total. The van der Waals surface area contributed by atoms with Crippen molar-refractivity contribution in [3.63, 3.8) is 0 Å². The summed E-state index contributed by atoms with van der Waals surface area (Å²) in [6.07, 6.45) is -1.13. The molecule has 0 bridgehead atoms. The molecule has 32 heavy (non-hydrogen) atoms. The van der Waals surface area contributed by atoms with Crippen LogP contribution in [0.3, 0.4) is 0 Å². The maximum atomic E-state index is 12.7. The third-order valence-corrected chi connectivity index (χ3v) is 6.90. The van der Waals surface area contributed by atoms with Crippen molar-refractivity contribution in [1.82, 2.24) is 4.31 Å². The Kier molecular flexibility index (Phi) is 8.42. The topological polar surface area (TPSA) is 128 Å². The number of methoxy groups -OCH3 is 1. The second kappa shape index (κ2) is 10.6. The fourth-order valence-corrected chi connectivity index (χ4v) is 4.58. The monoisotopic (exact) mass is 485 g/mol. The zero-order valence-electron chi connectivity index (χ0n) is 18.0. The van der Waals surface area contributed by atoms with Crippen LogP contribution in [0.4, 0.5) is 11.4 Å². The standard InChI is InChI=1S/C20H24ClN3O7S/c1-5-23(6-2)32(28,29)15-8-10-19(17(12-15)24(26)27)31-13(3)20(25)22-14-7-9-18(30-4)16(21)11-14/h7-13H,5-6H2,1-4H3,(H,22,25). The molecule has 174 valence electrons. The van der Waals surface area contributed by atoms with Gasteiger partial charge in [0.15, 0.2) is 11.9 Å². The summed E-state index contributed by atoms with van der Waals surface area (Å²) in [6, 6.07) is 7.94. The Morgan fingerprint density at radius 1 is 1.19 bits per heavy atom. The Morgan fingerprint density at radius 2 is 1.81 bits per heavy atom. The van der Waals surface area contributed by atoms with E-state index >= 15 is 0 Å². The summed E-state index contributed by atoms with van der Waals surface area (Å²) < 4.78 is 37.0. The predicted octanol–water partition coefficient (Wildman–Crippen LogP) is 3.69. The highest BCUT2D eigenvalue weighted by Gasteiger charge is 2.28. The maximum Gasteiger partial charge on any atom is 0.312 e. The lowest BCUT2D eigenvalue weighted by molar-refractivity contribution is -0.386. The number of nitrogens with one attached hydrogen (secondary N) is 1. The van der Waals surface area contributed by atoms with Gasteiger partial charge in [0.2, 0.25) is 10.0 Å². The number of nitrogens with zero attached hydrogens (tertiary/aromatic N) is 2. The molecule has 2 aromatic carbocycles. The Labute approximate surface area is 191 Å². The van der Waals surface area contributed by atoms with Gasteiger partial charge in [-0.15, -0.1) is 0 Å². The minimum absolute atomic E-state index is 0.220. The van der Waals surface area contributed by atoms with Crippen molar-refractivity contribution < 1.29 is 27.6 Å². The number of anilines is 1. The van der Waals surface area contributed by atoms with Gasteiger partial charge in [0.05, 0.1) is 22.0 Å². The van der Waals surface area contributed by atoms with Gasteiger partial charge in [-0.3, -0.25) is 14.9 Å². The van der Waals surface area contributed by atoms with Crippen LogP contribution in [0.5, 0.6) is 11.5 Å². The van der Waals surface area contributed by atoms with Gasteiger partial charge in [0.1, 0.15) is 5.75 Å². The van der Waals surface area contributed by atoms with Gasteiger partial charge in [0.25, 0.3) is 5.91 Å². The van der Waals surface area contributed by atoms with Gasteiger partial charge in [-0.2, -0.15) is 4.31 Å². The van der Waals surface area contributed by atoms with Crippen LogP contribution in [0, 0.1) is 10.1 Å². The first-order chi connectivity index (χ1) is 15.0. The number of nitro groups is 1. The van der Waals surface area contributed by atoms with Gasteiger partial charge in [-0.05, 0) is 37.3 Å². The van der Waals surface area contributed by atoms with Crippen molar-refractivity contribution >= 4 is 38.9 Å². The molecule has 0 aliphatic carbocycles. The molecule has 2 aromatic rings. The summed E-state index contributed by atoms with van der Waals surface area (Å²) >= 11 is 6.04. The zero-order chi connectivity index (χ0) is 24.1. The molecule has 1 amide bonds. The van der Waals surface area contributed by atoms with Crippen LogP contribution < -0.4 is 14.8 Å². The molecule has 0 saturated carbocycles. The van der Waals surface area contributed by atoms with Crippen molar-refractivity contribution in [2.24, 2.45) is 0 Å². The number of sulfonamides is 1. The van der Waals surface area contributed by atoms with Crippen LogP contribution in [0.25, 0.3) is 0 Å². The second-order valence-electron chi connectivity index (χ2n) is 6.57. The molecule has 0 aliphatic heterocycles. The minimum Gasteiger partial charge on any atom is -0.495 e. The molecule has 2 rings (SSSR count). The van der Waals surface area contributed by atoms with Gasteiger partial charge < -0.3 is 14.8 Å². The number of halogens is 1. The Bertz CT molecular complexity index is 1100. The molecule has 0 saturated heterocycles. The van der Waals surface area contributed by atoms with E-state index in [2.05, 4.69) is 5.32 Å². The molecule has 1 unspecified atom stereocenters. The van der Waals surface area contributed by atoms with E-state index in [1.165, 1.54) is 36.5 Å². The SMILES string of the molecule is CCN(CC)S(=O)(=O)c1ccc(OC(C)C(=O)Nc2ccc(OC)c(Cl)c2)c([N+](=O)[O-])c1. The van der Waals surface area contributed by atoms with Crippen LogP contribution in [-0.4, -0.2) is 49.9 Å². The minimum atomic E-state index is -3.90. The number of carbonyl (C=O) groups is 1. The molecule has 0 aliphatic rings. The summed E-state index contributed by atoms with van der Waals surface area (Å²) in [5.41, 5.74) is -0.184. The third-order valence-electron chi connectivity index (χ3n) is 4.56. The summed E-state index contributed by atoms with van der Waals surface area (Å²) in [5.74, 6) is -0.381. The Balaban J connectivity index is 2.25. The molecule has 0 fully saturated rings. The highest BCUT2D eigenvalue weighted by atomic mass is 35.5. The molecule has 0 radical (unpaired) electrons. The normalized spacial score (nSPS) is 12.3. The maximum absolute atomic E-state index is 12.7. The van der Waals surface area contributed by atoms with Crippen LogP contribution in [0.2, 0.25) is 5.02 Å². The summed E-state index contributed by atoms with van der Waals surface area (Å²) in [5, 5.41) is 14.4. The quantitative estimate of drug-likeness (QED) is 0.401. The lowest BCUT2D eigenvalue weighted by atomic mass is 10.2. The summed E-state index contributed by atoms with van der Waals surface area (Å²) in [7, 11) is -2.44. The zero-order valence-corrected chi connectivity index (χ0v) is 19.6. The molecular weight excluding hydrogens is 462 g/mol. The van der Waals surface area contributed by atoms with Gasteiger partial charge in [-0.1, -0.05) is 25.4 Å². The molecule has 1 N–H and O–H groups in total. The van der Waals surface area contributed by atoms with Gasteiger partial charge in [0, 0.05) is 24.8 Å². The molecule has 1 atom stereocenters. The van der Waals surface area contributed by atoms with Crippen molar-refractivity contribution in [3.05, 3.63) is 51.5 Å². The van der Waals surface area contributed by atoms with Crippen LogP contribution in [-0.2, 0) is 14.8 Å². The first-order valence-electron chi connectivity index (χ1n) is 9.64. The van der Waals surface area contributed by atoms with E-state index in [9.17, 15) is 23.3 Å². The average Bonchev–Trinajstić information content (AvgIpc) is 2.74. The number of hydrogen-bond acceptors (Lipinski definition) is 7. The number of carbonyl (C=O) groups excluding carboxylic acids is 1. The van der Waals surface area contributed by atoms with E-state index in [1.807, 2.05) is 0 Å². The van der Waals surface area contributed by atoms with Crippen LogP contribution >= 0.6 is 11.6 Å². The Hall–Kier alpha value is -2.89. The number of benzene rings is 2. The van der Waals surface area contributed by atoms with E-state index in [0.717, 1.165) is 6.07 Å². The van der Waals surface area contributed by atoms with Crippen molar-refractivity contribution in [2.45, 2.75) is 31.8 Å². The molecule has 0 spiro atoms. The third kappa shape index (κ3) is 5.67. The smallest absolute Gasteiger partial charge is 0.312 e. The molecular formula is C20H24ClN3O7S. The van der Waals surface area contributed by atoms with E-state index in [4.69, 9.17) is 21.1 Å². The highest BCUT2D eigenvalue weighted by Crippen LogP contribution is 2.32. The number of amides is 1. The second-order valence-corrected chi connectivity index (χ2v) is 8.92. The first-order valence-corrected chi connectivity index (χ1v) is 11.5. The largest absolute Gasteiger partial charge is 0.495 e. The molecule has 12 heteroatoms. The fraction of sp³-hybridized carbons (Fsp3) is 0.350. The first kappa shape index (κ1) is 25.4. The van der Waals surface area contributed by atoms with E-state index in [0.29, 0.717) is 16.5 Å². The lowest BCUT2D eigenvalue weighted by Crippen LogP contribution is -2.31. The van der Waals surface area contributed by atoms with Crippen molar-refractivity contribution in [3.8, 4) is 11.5 Å². The summed E-state index contributed by atoms with van der Waals surface area (Å²) in [4.78, 5) is 23.0. The molecule has 0 heterocycles.